The second-order valence-electron chi connectivity index (χ2n) is 6.91. The second kappa shape index (κ2) is 7.77. The van der Waals surface area contributed by atoms with E-state index in [2.05, 4.69) is 28.9 Å². The van der Waals surface area contributed by atoms with Gasteiger partial charge in [0.1, 0.15) is 0 Å². The third kappa shape index (κ3) is 4.32. The zero-order chi connectivity index (χ0) is 14.5. The van der Waals surface area contributed by atoms with Crippen LogP contribution in [0, 0.1) is 17.8 Å². The summed E-state index contributed by atoms with van der Waals surface area (Å²) in [5.74, 6) is 2.98. The van der Waals surface area contributed by atoms with Gasteiger partial charge in [-0.25, -0.2) is 9.97 Å². The Kier molecular flexibility index (Phi) is 5.75. The van der Waals surface area contributed by atoms with Crippen LogP contribution < -0.4 is 0 Å². The van der Waals surface area contributed by atoms with Crippen molar-refractivity contribution in [3.63, 3.8) is 0 Å². The molecular weight excluding hydrogens is 292 g/mol. The molecular formula is C17H28N2SSi. The molecule has 0 spiro atoms. The first-order chi connectivity index (χ1) is 10.3. The van der Waals surface area contributed by atoms with E-state index in [1.165, 1.54) is 62.3 Å². The van der Waals surface area contributed by atoms with E-state index in [-0.39, 0.29) is 9.52 Å². The van der Waals surface area contributed by atoms with Crippen LogP contribution in [0.1, 0.15) is 50.5 Å². The maximum Gasteiger partial charge on any atom is 0.187 e. The van der Waals surface area contributed by atoms with Gasteiger partial charge in [0.05, 0.1) is 0 Å². The fraction of sp³-hybridized carbons (Fsp3) is 0.765. The minimum absolute atomic E-state index is 0.113. The Labute approximate surface area is 135 Å². The fourth-order valence-corrected chi connectivity index (χ4v) is 6.01. The van der Waals surface area contributed by atoms with Crippen molar-refractivity contribution in [1.82, 2.24) is 9.97 Å². The van der Waals surface area contributed by atoms with Crippen LogP contribution in [-0.4, -0.2) is 24.9 Å². The van der Waals surface area contributed by atoms with Gasteiger partial charge < -0.3 is 0 Å². The van der Waals surface area contributed by atoms with Gasteiger partial charge in [0.25, 0.3) is 0 Å². The topological polar surface area (TPSA) is 25.8 Å². The molecule has 0 bridgehead atoms. The summed E-state index contributed by atoms with van der Waals surface area (Å²) in [7, 11) is 0.113. The molecule has 1 heterocycles. The average molecular weight is 321 g/mol. The van der Waals surface area contributed by atoms with Gasteiger partial charge in [-0.2, -0.15) is 0 Å². The van der Waals surface area contributed by atoms with Gasteiger partial charge in [0.2, 0.25) is 0 Å². The lowest BCUT2D eigenvalue weighted by atomic mass is 9.88. The van der Waals surface area contributed by atoms with E-state index >= 15 is 0 Å². The molecule has 0 amide bonds. The van der Waals surface area contributed by atoms with Crippen LogP contribution in [0.2, 0.25) is 6.55 Å². The Morgan fingerprint density at radius 3 is 2.57 bits per heavy atom. The van der Waals surface area contributed by atoms with Crippen molar-refractivity contribution in [3.8, 4) is 0 Å². The van der Waals surface area contributed by atoms with Gasteiger partial charge in [-0.3, -0.25) is 0 Å². The van der Waals surface area contributed by atoms with Crippen molar-refractivity contribution < 1.29 is 0 Å². The van der Waals surface area contributed by atoms with Crippen LogP contribution in [0.5, 0.6) is 0 Å². The Morgan fingerprint density at radius 1 is 1.10 bits per heavy atom. The zero-order valence-electron chi connectivity index (χ0n) is 13.3. The molecule has 2 saturated carbocycles. The molecule has 1 aromatic heterocycles. The highest BCUT2D eigenvalue weighted by atomic mass is 32.2. The molecule has 0 aliphatic heterocycles. The first-order valence-corrected chi connectivity index (χ1v) is 12.2. The molecule has 2 unspecified atom stereocenters. The third-order valence-corrected chi connectivity index (χ3v) is 8.21. The normalized spacial score (nSPS) is 27.1. The van der Waals surface area contributed by atoms with E-state index in [1.807, 2.05) is 11.8 Å². The van der Waals surface area contributed by atoms with Crippen molar-refractivity contribution in [2.24, 2.45) is 17.8 Å². The minimum atomic E-state index is 0.113. The van der Waals surface area contributed by atoms with Gasteiger partial charge in [-0.15, -0.1) is 0 Å². The maximum absolute atomic E-state index is 4.53. The predicted octanol–water partition coefficient (Wildman–Crippen LogP) is 3.89. The number of nitrogens with zero attached hydrogens (tertiary/aromatic N) is 2. The monoisotopic (exact) mass is 320 g/mol. The van der Waals surface area contributed by atoms with Crippen LogP contribution in [0.3, 0.4) is 0 Å². The van der Waals surface area contributed by atoms with Gasteiger partial charge in [-0.05, 0) is 54.4 Å². The molecule has 2 aliphatic rings. The molecule has 2 nitrogen and oxygen atoms in total. The number of hydrogen-bond acceptors (Lipinski definition) is 3. The predicted molar refractivity (Wildman–Crippen MR) is 93.7 cm³/mol. The molecule has 3 rings (SSSR count). The minimum Gasteiger partial charge on any atom is -0.231 e. The van der Waals surface area contributed by atoms with Crippen LogP contribution in [0.25, 0.3) is 0 Å². The summed E-state index contributed by atoms with van der Waals surface area (Å²) >= 11 is 1.83. The molecule has 0 radical (unpaired) electrons. The van der Waals surface area contributed by atoms with Crippen LogP contribution in [-0.2, 0) is 6.42 Å². The molecule has 4 heteroatoms. The van der Waals surface area contributed by atoms with E-state index in [1.54, 1.807) is 0 Å². The van der Waals surface area contributed by atoms with Crippen LogP contribution in [0.15, 0.2) is 17.6 Å². The van der Waals surface area contributed by atoms with E-state index in [0.29, 0.717) is 0 Å². The van der Waals surface area contributed by atoms with E-state index in [0.717, 1.165) is 22.9 Å². The Bertz CT molecular complexity index is 431. The Morgan fingerprint density at radius 2 is 1.86 bits per heavy atom. The highest BCUT2D eigenvalue weighted by molar-refractivity contribution is 8.00. The lowest BCUT2D eigenvalue weighted by Gasteiger charge is -2.18. The van der Waals surface area contributed by atoms with E-state index in [4.69, 9.17) is 0 Å². The standard InChI is InChI=1S/C17H28N2SSi/c1-21-12-20-17-18-10-14(11-19-17)8-13-6-7-16(9-13)15-4-2-3-5-15/h10-11,13,15-16H,2-9,12,21H2,1H3. The molecule has 21 heavy (non-hydrogen) atoms. The van der Waals surface area contributed by atoms with Gasteiger partial charge in [0.15, 0.2) is 5.16 Å². The highest BCUT2D eigenvalue weighted by Crippen LogP contribution is 2.43. The van der Waals surface area contributed by atoms with Crippen LogP contribution >= 0.6 is 11.8 Å². The van der Waals surface area contributed by atoms with Crippen molar-refractivity contribution in [2.75, 3.05) is 5.38 Å². The molecule has 0 saturated heterocycles. The molecule has 2 atom stereocenters. The van der Waals surface area contributed by atoms with E-state index < -0.39 is 0 Å². The van der Waals surface area contributed by atoms with Crippen LogP contribution in [0.4, 0.5) is 0 Å². The molecule has 0 aromatic carbocycles. The lowest BCUT2D eigenvalue weighted by molar-refractivity contribution is 0.334. The SMILES string of the molecule is C[SiH2]CSc1ncc(CC2CCC(C3CCCC3)C2)cn1. The lowest BCUT2D eigenvalue weighted by Crippen LogP contribution is -2.09. The Balaban J connectivity index is 1.48. The summed E-state index contributed by atoms with van der Waals surface area (Å²) in [6.45, 7) is 2.34. The average Bonchev–Trinajstić information content (AvgIpc) is 3.17. The summed E-state index contributed by atoms with van der Waals surface area (Å²) in [5, 5.41) is 2.23. The second-order valence-corrected chi connectivity index (χ2v) is 10.2. The first-order valence-electron chi connectivity index (χ1n) is 8.79. The highest BCUT2D eigenvalue weighted by Gasteiger charge is 2.32. The molecule has 2 fully saturated rings. The number of aromatic nitrogens is 2. The Hall–Kier alpha value is -0.353. The first kappa shape index (κ1) is 15.5. The van der Waals surface area contributed by atoms with E-state index in [9.17, 15) is 0 Å². The van der Waals surface area contributed by atoms with Gasteiger partial charge in [0, 0.05) is 21.9 Å². The van der Waals surface area contributed by atoms with Gasteiger partial charge in [-0.1, -0.05) is 44.0 Å². The maximum atomic E-state index is 4.53. The zero-order valence-corrected chi connectivity index (χ0v) is 15.5. The summed E-state index contributed by atoms with van der Waals surface area (Å²) in [5.41, 5.74) is 1.35. The molecule has 116 valence electrons. The molecule has 1 aromatic rings. The number of rotatable bonds is 6. The van der Waals surface area contributed by atoms with Crippen molar-refractivity contribution in [2.45, 2.75) is 63.1 Å². The van der Waals surface area contributed by atoms with Crippen molar-refractivity contribution >= 4 is 21.3 Å². The number of hydrogen-bond donors (Lipinski definition) is 0. The summed E-state index contributed by atoms with van der Waals surface area (Å²) < 4.78 is 0. The fourth-order valence-electron chi connectivity index (χ4n) is 4.21. The molecule has 0 N–H and O–H groups in total. The quantitative estimate of drug-likeness (QED) is 0.452. The van der Waals surface area contributed by atoms with Gasteiger partial charge >= 0.3 is 0 Å². The third-order valence-electron chi connectivity index (χ3n) is 5.29. The summed E-state index contributed by atoms with van der Waals surface area (Å²) in [6, 6.07) is 0. The van der Waals surface area contributed by atoms with Crippen molar-refractivity contribution in [1.29, 1.82) is 0 Å². The van der Waals surface area contributed by atoms with Crippen molar-refractivity contribution in [3.05, 3.63) is 18.0 Å². The smallest absolute Gasteiger partial charge is 0.187 e. The molecule has 2 aliphatic carbocycles. The largest absolute Gasteiger partial charge is 0.231 e. The number of thioether (sulfide) groups is 1. The summed E-state index contributed by atoms with van der Waals surface area (Å²) in [6.07, 6.45) is 15.7. The summed E-state index contributed by atoms with van der Waals surface area (Å²) in [4.78, 5) is 9.06.